The number of pyridine rings is 1. The van der Waals surface area contributed by atoms with Crippen LogP contribution in [-0.2, 0) is 14.8 Å². The highest BCUT2D eigenvalue weighted by molar-refractivity contribution is 7.92. The Bertz CT molecular complexity index is 1100. The second-order valence-corrected chi connectivity index (χ2v) is 7.96. The molecule has 0 saturated carbocycles. The number of anilines is 1. The second kappa shape index (κ2) is 9.66. The van der Waals surface area contributed by atoms with Gasteiger partial charge in [-0.25, -0.2) is 13.8 Å². The van der Waals surface area contributed by atoms with Gasteiger partial charge >= 0.3 is 0 Å². The van der Waals surface area contributed by atoms with Crippen molar-refractivity contribution in [2.75, 3.05) is 18.0 Å². The summed E-state index contributed by atoms with van der Waals surface area (Å²) in [6, 6.07) is 17.8. The van der Waals surface area contributed by atoms with Crippen LogP contribution in [0.4, 0.5) is 5.69 Å². The summed E-state index contributed by atoms with van der Waals surface area (Å²) in [4.78, 5) is 16.5. The number of carbonyl (C=O) groups excluding carboxylic acids is 1. The first-order valence-corrected chi connectivity index (χ1v) is 10.4. The van der Waals surface area contributed by atoms with E-state index in [1.165, 1.54) is 25.5 Å². The van der Waals surface area contributed by atoms with E-state index in [0.29, 0.717) is 17.0 Å². The number of nitrogens with zero attached hydrogens (tertiary/aromatic N) is 3. The Morgan fingerprint density at radius 1 is 1.10 bits per heavy atom. The van der Waals surface area contributed by atoms with Crippen LogP contribution in [0.3, 0.4) is 0 Å². The van der Waals surface area contributed by atoms with Gasteiger partial charge in [0.2, 0.25) is 0 Å². The van der Waals surface area contributed by atoms with E-state index in [4.69, 9.17) is 4.74 Å². The van der Waals surface area contributed by atoms with Gasteiger partial charge in [-0.05, 0) is 42.5 Å². The lowest BCUT2D eigenvalue weighted by molar-refractivity contribution is -0.119. The van der Waals surface area contributed by atoms with Crippen molar-refractivity contribution >= 4 is 27.8 Å². The van der Waals surface area contributed by atoms with E-state index in [-0.39, 0.29) is 4.90 Å². The van der Waals surface area contributed by atoms with Gasteiger partial charge in [0.25, 0.3) is 15.9 Å². The lowest BCUT2D eigenvalue weighted by Crippen LogP contribution is -2.39. The Kier molecular flexibility index (Phi) is 6.76. The minimum absolute atomic E-state index is 0.0764. The summed E-state index contributed by atoms with van der Waals surface area (Å²) in [6.07, 6.45) is 4.63. The highest BCUT2D eigenvalue weighted by Gasteiger charge is 2.27. The number of hydrogen-bond donors (Lipinski definition) is 1. The van der Waals surface area contributed by atoms with Crippen molar-refractivity contribution in [3.63, 3.8) is 0 Å². The number of hydrazone groups is 1. The van der Waals surface area contributed by atoms with Gasteiger partial charge in [-0.1, -0.05) is 24.3 Å². The number of amides is 1. The van der Waals surface area contributed by atoms with Crippen LogP contribution in [0.25, 0.3) is 0 Å². The molecule has 9 heteroatoms. The molecule has 0 atom stereocenters. The minimum atomic E-state index is -3.98. The molecule has 0 fully saturated rings. The minimum Gasteiger partial charge on any atom is -0.497 e. The van der Waals surface area contributed by atoms with Gasteiger partial charge in [0.1, 0.15) is 12.3 Å². The third-order valence-corrected chi connectivity index (χ3v) is 5.85. The van der Waals surface area contributed by atoms with Crippen molar-refractivity contribution in [1.82, 2.24) is 10.4 Å². The van der Waals surface area contributed by atoms with Gasteiger partial charge in [0.05, 0.1) is 23.9 Å². The number of rotatable bonds is 8. The molecular weight excluding hydrogens is 404 g/mol. The Labute approximate surface area is 174 Å². The molecule has 0 radical (unpaired) electrons. The molecule has 1 aromatic heterocycles. The second-order valence-electron chi connectivity index (χ2n) is 6.10. The van der Waals surface area contributed by atoms with E-state index in [1.54, 1.807) is 67.0 Å². The van der Waals surface area contributed by atoms with Crippen molar-refractivity contribution < 1.29 is 17.9 Å². The van der Waals surface area contributed by atoms with E-state index in [2.05, 4.69) is 15.5 Å². The Morgan fingerprint density at radius 3 is 2.47 bits per heavy atom. The molecule has 0 bridgehead atoms. The zero-order valence-electron chi connectivity index (χ0n) is 16.2. The maximum absolute atomic E-state index is 13.2. The van der Waals surface area contributed by atoms with Crippen molar-refractivity contribution in [3.05, 3.63) is 84.7 Å². The number of nitrogens with one attached hydrogen (secondary N) is 1. The summed E-state index contributed by atoms with van der Waals surface area (Å²) in [6.45, 7) is -0.450. The summed E-state index contributed by atoms with van der Waals surface area (Å²) in [7, 11) is -2.46. The van der Waals surface area contributed by atoms with E-state index in [0.717, 1.165) is 4.31 Å². The number of benzene rings is 2. The third kappa shape index (κ3) is 5.21. The molecule has 1 N–H and O–H groups in total. The first-order valence-electron chi connectivity index (χ1n) is 8.94. The summed E-state index contributed by atoms with van der Waals surface area (Å²) in [5.74, 6) is -0.0215. The zero-order valence-corrected chi connectivity index (χ0v) is 17.0. The van der Waals surface area contributed by atoms with Gasteiger partial charge in [-0.2, -0.15) is 5.10 Å². The fourth-order valence-corrected chi connectivity index (χ4v) is 4.02. The van der Waals surface area contributed by atoms with Crippen molar-refractivity contribution in [1.29, 1.82) is 0 Å². The molecule has 154 valence electrons. The molecule has 0 aliphatic heterocycles. The smallest absolute Gasteiger partial charge is 0.264 e. The topological polar surface area (TPSA) is 101 Å². The Morgan fingerprint density at radius 2 is 1.83 bits per heavy atom. The Hall–Kier alpha value is -3.72. The van der Waals surface area contributed by atoms with E-state index >= 15 is 0 Å². The van der Waals surface area contributed by atoms with Crippen LogP contribution in [0.2, 0.25) is 0 Å². The largest absolute Gasteiger partial charge is 0.497 e. The highest BCUT2D eigenvalue weighted by atomic mass is 32.2. The van der Waals surface area contributed by atoms with E-state index in [9.17, 15) is 13.2 Å². The lowest BCUT2D eigenvalue weighted by Gasteiger charge is -2.23. The maximum Gasteiger partial charge on any atom is 0.264 e. The summed E-state index contributed by atoms with van der Waals surface area (Å²) >= 11 is 0. The van der Waals surface area contributed by atoms with Crippen LogP contribution < -0.4 is 14.5 Å². The molecule has 0 unspecified atom stereocenters. The number of sulfonamides is 1. The number of hydrogen-bond acceptors (Lipinski definition) is 6. The Balaban J connectivity index is 1.83. The monoisotopic (exact) mass is 424 g/mol. The predicted molar refractivity (Wildman–Crippen MR) is 114 cm³/mol. The quantitative estimate of drug-likeness (QED) is 0.442. The molecule has 3 aromatic rings. The number of ether oxygens (including phenoxy) is 1. The molecule has 0 aliphatic rings. The predicted octanol–water partition coefficient (Wildman–Crippen LogP) is 2.44. The van der Waals surface area contributed by atoms with Crippen LogP contribution in [-0.4, -0.2) is 39.2 Å². The molecule has 3 rings (SSSR count). The van der Waals surface area contributed by atoms with Crippen LogP contribution in [0.1, 0.15) is 5.56 Å². The summed E-state index contributed by atoms with van der Waals surface area (Å²) in [5.41, 5.74) is 3.37. The molecule has 1 heterocycles. The normalized spacial score (nSPS) is 11.2. The standard InChI is InChI=1S/C21H20N4O4S/c1-29-19-11-9-18(10-12-19)25(30(27,28)20-7-3-2-4-8-20)16-21(26)24-23-15-17-6-5-13-22-14-17/h2-15H,16H2,1H3,(H,24,26)/b23-15-. The molecule has 0 spiro atoms. The molecule has 30 heavy (non-hydrogen) atoms. The average Bonchev–Trinajstić information content (AvgIpc) is 2.79. The molecular formula is C21H20N4O4S. The maximum atomic E-state index is 13.2. The number of methoxy groups -OCH3 is 1. The first-order chi connectivity index (χ1) is 14.5. The summed E-state index contributed by atoms with van der Waals surface area (Å²) < 4.78 is 32.5. The van der Waals surface area contributed by atoms with E-state index < -0.39 is 22.5 Å². The van der Waals surface area contributed by atoms with Crippen LogP contribution in [0.15, 0.2) is 89.1 Å². The first kappa shape index (κ1) is 21.0. The SMILES string of the molecule is COc1ccc(N(CC(=O)N/N=C\c2cccnc2)S(=O)(=O)c2ccccc2)cc1. The summed E-state index contributed by atoms with van der Waals surface area (Å²) in [5, 5.41) is 3.86. The average molecular weight is 424 g/mol. The van der Waals surface area contributed by atoms with Crippen molar-refractivity contribution in [2.45, 2.75) is 4.90 Å². The van der Waals surface area contributed by atoms with Gasteiger partial charge in [0, 0.05) is 18.0 Å². The fraction of sp³-hybridized carbons (Fsp3) is 0.0952. The molecule has 8 nitrogen and oxygen atoms in total. The molecule has 0 aliphatic carbocycles. The molecule has 0 saturated heterocycles. The van der Waals surface area contributed by atoms with Gasteiger partial charge in [-0.3, -0.25) is 14.1 Å². The van der Waals surface area contributed by atoms with Gasteiger partial charge < -0.3 is 4.74 Å². The number of aromatic nitrogens is 1. The third-order valence-electron chi connectivity index (χ3n) is 4.07. The fourth-order valence-electron chi connectivity index (χ4n) is 2.58. The van der Waals surface area contributed by atoms with Gasteiger partial charge in [0.15, 0.2) is 0 Å². The van der Waals surface area contributed by atoms with Gasteiger partial charge in [-0.15, -0.1) is 0 Å². The van der Waals surface area contributed by atoms with E-state index in [1.807, 2.05) is 0 Å². The molecule has 2 aromatic carbocycles. The van der Waals surface area contributed by atoms with Crippen LogP contribution in [0.5, 0.6) is 5.75 Å². The number of carbonyl (C=O) groups is 1. The zero-order chi connectivity index (χ0) is 21.4. The van der Waals surface area contributed by atoms with Crippen molar-refractivity contribution in [2.24, 2.45) is 5.10 Å². The lowest BCUT2D eigenvalue weighted by atomic mass is 10.3. The van der Waals surface area contributed by atoms with Crippen LogP contribution in [0, 0.1) is 0 Å². The molecule has 1 amide bonds. The van der Waals surface area contributed by atoms with Crippen molar-refractivity contribution in [3.8, 4) is 5.75 Å². The highest BCUT2D eigenvalue weighted by Crippen LogP contribution is 2.25. The van der Waals surface area contributed by atoms with Crippen LogP contribution >= 0.6 is 0 Å².